The van der Waals surface area contributed by atoms with Crippen LogP contribution in [0.4, 0.5) is 13.2 Å². The van der Waals surface area contributed by atoms with Gasteiger partial charge in [-0.3, -0.25) is 0 Å². The molecule has 0 aromatic rings. The third-order valence-corrected chi connectivity index (χ3v) is 1.89. The average molecular weight is 216 g/mol. The van der Waals surface area contributed by atoms with Crippen LogP contribution in [0.15, 0.2) is 47.7 Å². The first-order valence-corrected chi connectivity index (χ1v) is 4.26. The Bertz CT molecular complexity index is 386. The molecular formula is C10H7F3O2. The summed E-state index contributed by atoms with van der Waals surface area (Å²) in [6.45, 7) is 0. The molecule has 0 spiro atoms. The van der Waals surface area contributed by atoms with E-state index in [1.807, 2.05) is 6.08 Å². The Morgan fingerprint density at radius 2 is 2.00 bits per heavy atom. The van der Waals surface area contributed by atoms with Crippen molar-refractivity contribution in [2.24, 2.45) is 0 Å². The van der Waals surface area contributed by atoms with E-state index in [-0.39, 0.29) is 0 Å². The molecular weight excluding hydrogens is 209 g/mol. The van der Waals surface area contributed by atoms with Crippen LogP contribution in [0.5, 0.6) is 0 Å². The van der Waals surface area contributed by atoms with Crippen LogP contribution in [-0.2, 0) is 9.47 Å². The summed E-state index contributed by atoms with van der Waals surface area (Å²) in [5, 5.41) is 0. The van der Waals surface area contributed by atoms with E-state index in [0.29, 0.717) is 12.2 Å². The van der Waals surface area contributed by atoms with Crippen LogP contribution < -0.4 is 0 Å². The topological polar surface area (TPSA) is 18.5 Å². The molecule has 0 atom stereocenters. The second-order valence-electron chi connectivity index (χ2n) is 2.99. The Morgan fingerprint density at radius 3 is 2.73 bits per heavy atom. The van der Waals surface area contributed by atoms with Gasteiger partial charge in [0.1, 0.15) is 5.76 Å². The zero-order valence-electron chi connectivity index (χ0n) is 7.54. The zero-order chi connectivity index (χ0) is 10.9. The average Bonchev–Trinajstić information content (AvgIpc) is 2.15. The van der Waals surface area contributed by atoms with E-state index in [0.717, 1.165) is 5.57 Å². The second-order valence-corrected chi connectivity index (χ2v) is 2.99. The fraction of sp³-hybridized carbons (Fsp3) is 0.200. The molecule has 80 valence electrons. The van der Waals surface area contributed by atoms with E-state index in [2.05, 4.69) is 4.74 Å². The fourth-order valence-electron chi connectivity index (χ4n) is 1.29. The molecule has 0 radical (unpaired) electrons. The van der Waals surface area contributed by atoms with Crippen molar-refractivity contribution in [3.05, 3.63) is 47.7 Å². The summed E-state index contributed by atoms with van der Waals surface area (Å²) < 4.78 is 44.2. The number of halogens is 3. The van der Waals surface area contributed by atoms with Crippen molar-refractivity contribution in [3.8, 4) is 0 Å². The molecule has 2 rings (SSSR count). The molecule has 0 N–H and O–H groups in total. The summed E-state index contributed by atoms with van der Waals surface area (Å²) in [5.41, 5.74) is 0.840. The molecule has 5 heteroatoms. The normalized spacial score (nSPS) is 19.5. The van der Waals surface area contributed by atoms with Crippen LogP contribution in [0.1, 0.15) is 6.42 Å². The predicted octanol–water partition coefficient (Wildman–Crippen LogP) is 3.16. The highest BCUT2D eigenvalue weighted by Crippen LogP contribution is 2.30. The molecule has 15 heavy (non-hydrogen) atoms. The summed E-state index contributed by atoms with van der Waals surface area (Å²) >= 11 is 0. The minimum atomic E-state index is -4.72. The summed E-state index contributed by atoms with van der Waals surface area (Å²) in [4.78, 5) is 0. The molecule has 2 aliphatic rings. The third kappa shape index (κ3) is 2.43. The number of hydrogen-bond acceptors (Lipinski definition) is 2. The molecule has 0 unspecified atom stereocenters. The number of allylic oxidation sites excluding steroid dienone is 6. The van der Waals surface area contributed by atoms with Crippen molar-refractivity contribution >= 4 is 0 Å². The van der Waals surface area contributed by atoms with Gasteiger partial charge < -0.3 is 9.47 Å². The Morgan fingerprint density at radius 1 is 1.20 bits per heavy atom. The maximum absolute atomic E-state index is 11.9. The van der Waals surface area contributed by atoms with Gasteiger partial charge in [0.25, 0.3) is 5.95 Å². The van der Waals surface area contributed by atoms with Gasteiger partial charge in [0, 0.05) is 6.08 Å². The standard InChI is InChI=1S/C10H7F3O2/c11-10(12,13)15-9-6-5-7-3-1-2-4-8(7)14-9/h1-2,4-6H,3H2. The van der Waals surface area contributed by atoms with Crippen molar-refractivity contribution < 1.29 is 22.6 Å². The van der Waals surface area contributed by atoms with Crippen LogP contribution in [0.2, 0.25) is 0 Å². The minimum absolute atomic E-state index is 0.402. The first-order valence-electron chi connectivity index (χ1n) is 4.26. The van der Waals surface area contributed by atoms with Crippen molar-refractivity contribution in [1.29, 1.82) is 0 Å². The highest BCUT2D eigenvalue weighted by molar-refractivity contribution is 5.40. The number of fused-ring (bicyclic) bond motifs is 1. The lowest BCUT2D eigenvalue weighted by molar-refractivity contribution is -0.320. The molecule has 2 nitrogen and oxygen atoms in total. The van der Waals surface area contributed by atoms with Crippen LogP contribution in [0.25, 0.3) is 0 Å². The monoisotopic (exact) mass is 216 g/mol. The number of alkyl halides is 3. The van der Waals surface area contributed by atoms with Crippen LogP contribution in [0.3, 0.4) is 0 Å². The lowest BCUT2D eigenvalue weighted by atomic mass is 10.0. The Balaban J connectivity index is 2.13. The molecule has 0 saturated heterocycles. The number of hydrogen-bond donors (Lipinski definition) is 0. The van der Waals surface area contributed by atoms with E-state index in [4.69, 9.17) is 4.74 Å². The zero-order valence-corrected chi connectivity index (χ0v) is 7.54. The maximum atomic E-state index is 11.9. The fourth-order valence-corrected chi connectivity index (χ4v) is 1.29. The van der Waals surface area contributed by atoms with Gasteiger partial charge in [-0.15, -0.1) is 13.2 Å². The van der Waals surface area contributed by atoms with Crippen LogP contribution in [-0.4, -0.2) is 6.36 Å². The largest absolute Gasteiger partial charge is 0.575 e. The van der Waals surface area contributed by atoms with Crippen molar-refractivity contribution in [2.45, 2.75) is 12.8 Å². The Kier molecular flexibility index (Phi) is 2.30. The van der Waals surface area contributed by atoms with E-state index in [9.17, 15) is 13.2 Å². The molecule has 0 aromatic carbocycles. The van der Waals surface area contributed by atoms with Crippen LogP contribution >= 0.6 is 0 Å². The molecule has 0 fully saturated rings. The molecule has 0 bridgehead atoms. The molecule has 0 saturated carbocycles. The highest BCUT2D eigenvalue weighted by Gasteiger charge is 2.34. The smallest absolute Gasteiger partial charge is 0.426 e. The maximum Gasteiger partial charge on any atom is 0.575 e. The Hall–Kier alpha value is -1.65. The van der Waals surface area contributed by atoms with Gasteiger partial charge in [-0.1, -0.05) is 12.2 Å². The SMILES string of the molecule is FC(F)(F)OC1=CC=C2CC=CC=C2O1. The van der Waals surface area contributed by atoms with E-state index in [1.54, 1.807) is 18.2 Å². The Labute approximate surface area is 84.0 Å². The molecule has 0 aromatic heterocycles. The number of ether oxygens (including phenoxy) is 2. The van der Waals surface area contributed by atoms with Crippen LogP contribution in [0, 0.1) is 0 Å². The van der Waals surface area contributed by atoms with E-state index >= 15 is 0 Å². The van der Waals surface area contributed by atoms with Crippen molar-refractivity contribution in [2.75, 3.05) is 0 Å². The summed E-state index contributed by atoms with van der Waals surface area (Å²) in [6.07, 6.45) is 3.87. The van der Waals surface area contributed by atoms with Gasteiger partial charge in [0.05, 0.1) is 0 Å². The quantitative estimate of drug-likeness (QED) is 0.670. The van der Waals surface area contributed by atoms with E-state index in [1.165, 1.54) is 6.08 Å². The minimum Gasteiger partial charge on any atom is -0.426 e. The van der Waals surface area contributed by atoms with E-state index < -0.39 is 12.3 Å². The van der Waals surface area contributed by atoms with Gasteiger partial charge in [0.15, 0.2) is 0 Å². The molecule has 1 aliphatic carbocycles. The van der Waals surface area contributed by atoms with Gasteiger partial charge in [-0.05, 0) is 24.1 Å². The highest BCUT2D eigenvalue weighted by atomic mass is 19.4. The predicted molar refractivity (Wildman–Crippen MR) is 46.2 cm³/mol. The van der Waals surface area contributed by atoms with Gasteiger partial charge in [-0.25, -0.2) is 0 Å². The first-order chi connectivity index (χ1) is 7.04. The molecule has 0 amide bonds. The van der Waals surface area contributed by atoms with Crippen molar-refractivity contribution in [1.82, 2.24) is 0 Å². The lowest BCUT2D eigenvalue weighted by Crippen LogP contribution is -2.16. The summed E-state index contributed by atoms with van der Waals surface area (Å²) in [7, 11) is 0. The molecule has 1 aliphatic heterocycles. The second kappa shape index (κ2) is 3.49. The van der Waals surface area contributed by atoms with Gasteiger partial charge in [0.2, 0.25) is 0 Å². The van der Waals surface area contributed by atoms with Gasteiger partial charge in [-0.2, -0.15) is 0 Å². The molecule has 1 heterocycles. The number of rotatable bonds is 1. The first kappa shape index (κ1) is 9.89. The summed E-state index contributed by atoms with van der Waals surface area (Å²) in [6, 6.07) is 0. The lowest BCUT2D eigenvalue weighted by Gasteiger charge is -2.20. The third-order valence-electron chi connectivity index (χ3n) is 1.89. The summed E-state index contributed by atoms with van der Waals surface area (Å²) in [5.74, 6) is -0.146. The van der Waals surface area contributed by atoms with Crippen molar-refractivity contribution in [3.63, 3.8) is 0 Å². The van der Waals surface area contributed by atoms with Gasteiger partial charge >= 0.3 is 6.36 Å².